The Morgan fingerprint density at radius 2 is 2.09 bits per heavy atom. The topological polar surface area (TPSA) is 54.0 Å². The number of hydrogen-bond acceptors (Lipinski definition) is 5. The van der Waals surface area contributed by atoms with Gasteiger partial charge in [0.2, 0.25) is 6.29 Å². The van der Waals surface area contributed by atoms with Gasteiger partial charge in [0.05, 0.1) is 18.6 Å². The molecule has 0 saturated carbocycles. The zero-order valence-corrected chi connectivity index (χ0v) is 12.5. The Hall–Kier alpha value is -1.53. The second kappa shape index (κ2) is 6.71. The SMILES string of the molecule is C=CC[C@@H]1C(=O)[C@@H](OC)O[C@@H]2COC(c3ccccc3)O[C@@H]12. The summed E-state index contributed by atoms with van der Waals surface area (Å²) in [5, 5.41) is 0. The van der Waals surface area contributed by atoms with E-state index in [9.17, 15) is 4.79 Å². The van der Waals surface area contributed by atoms with Gasteiger partial charge in [-0.05, 0) is 6.42 Å². The molecule has 3 rings (SSSR count). The van der Waals surface area contributed by atoms with Gasteiger partial charge in [-0.15, -0.1) is 6.58 Å². The lowest BCUT2D eigenvalue weighted by molar-refractivity contribution is -0.311. The molecule has 2 saturated heterocycles. The van der Waals surface area contributed by atoms with Crippen LogP contribution in [0.1, 0.15) is 18.3 Å². The van der Waals surface area contributed by atoms with E-state index in [-0.39, 0.29) is 23.9 Å². The molecule has 5 atom stereocenters. The summed E-state index contributed by atoms with van der Waals surface area (Å²) < 4.78 is 22.6. The first-order valence-electron chi connectivity index (χ1n) is 7.39. The second-order valence-corrected chi connectivity index (χ2v) is 5.45. The van der Waals surface area contributed by atoms with Crippen molar-refractivity contribution in [3.05, 3.63) is 48.6 Å². The van der Waals surface area contributed by atoms with Crippen LogP contribution in [0.15, 0.2) is 43.0 Å². The number of fused-ring (bicyclic) bond motifs is 1. The predicted octanol–water partition coefficient (Wildman–Crippen LogP) is 2.23. The lowest BCUT2D eigenvalue weighted by atomic mass is 9.87. The van der Waals surface area contributed by atoms with Crippen molar-refractivity contribution in [3.63, 3.8) is 0 Å². The molecular formula is C17H20O5. The monoisotopic (exact) mass is 304 g/mol. The van der Waals surface area contributed by atoms with E-state index in [1.165, 1.54) is 7.11 Å². The van der Waals surface area contributed by atoms with E-state index >= 15 is 0 Å². The van der Waals surface area contributed by atoms with Crippen LogP contribution in [0.3, 0.4) is 0 Å². The third kappa shape index (κ3) is 2.85. The summed E-state index contributed by atoms with van der Waals surface area (Å²) in [6, 6.07) is 9.68. The smallest absolute Gasteiger partial charge is 0.218 e. The fraction of sp³-hybridized carbons (Fsp3) is 0.471. The van der Waals surface area contributed by atoms with Crippen LogP contribution in [0.25, 0.3) is 0 Å². The van der Waals surface area contributed by atoms with Crippen LogP contribution >= 0.6 is 0 Å². The molecule has 0 N–H and O–H groups in total. The standard InChI is InChI=1S/C17H20O5/c1-3-7-12-14(18)17(19-2)21-13-10-20-16(22-15(12)13)11-8-5-4-6-9-11/h3-6,8-9,12-13,15-17H,1,7,10H2,2H3/t12-,13-,15+,16?,17+/m1/s1. The quantitative estimate of drug-likeness (QED) is 0.799. The molecule has 0 bridgehead atoms. The molecule has 1 unspecified atom stereocenters. The van der Waals surface area contributed by atoms with E-state index in [1.807, 2.05) is 30.3 Å². The van der Waals surface area contributed by atoms with Crippen LogP contribution in [0.5, 0.6) is 0 Å². The number of ketones is 1. The van der Waals surface area contributed by atoms with Gasteiger partial charge in [0.25, 0.3) is 0 Å². The molecule has 2 aliphatic rings. The summed E-state index contributed by atoms with van der Waals surface area (Å²) in [5.74, 6) is -0.423. The summed E-state index contributed by atoms with van der Waals surface area (Å²) in [6.45, 7) is 4.10. The van der Waals surface area contributed by atoms with Crippen molar-refractivity contribution in [3.8, 4) is 0 Å². The number of ether oxygens (including phenoxy) is 4. The minimum atomic E-state index is -0.855. The molecule has 5 heteroatoms. The molecule has 0 amide bonds. The molecule has 1 aromatic carbocycles. The third-order valence-electron chi connectivity index (χ3n) is 4.06. The molecule has 1 aromatic rings. The number of Topliss-reactive ketones (excluding diaryl/α,β-unsaturated/α-hetero) is 1. The van der Waals surface area contributed by atoms with Crippen LogP contribution in [0, 0.1) is 5.92 Å². The molecule has 2 heterocycles. The number of rotatable bonds is 4. The van der Waals surface area contributed by atoms with Crippen LogP contribution in [0.2, 0.25) is 0 Å². The van der Waals surface area contributed by atoms with Gasteiger partial charge in [-0.3, -0.25) is 4.79 Å². The first-order chi connectivity index (χ1) is 10.7. The van der Waals surface area contributed by atoms with Gasteiger partial charge in [0.1, 0.15) is 6.10 Å². The molecule has 118 valence electrons. The van der Waals surface area contributed by atoms with E-state index in [0.29, 0.717) is 13.0 Å². The average molecular weight is 304 g/mol. The van der Waals surface area contributed by atoms with Gasteiger partial charge >= 0.3 is 0 Å². The van der Waals surface area contributed by atoms with E-state index in [1.54, 1.807) is 6.08 Å². The van der Waals surface area contributed by atoms with Crippen LogP contribution in [-0.4, -0.2) is 38.0 Å². The maximum atomic E-state index is 12.4. The Bertz CT molecular complexity index is 529. The van der Waals surface area contributed by atoms with E-state index in [4.69, 9.17) is 18.9 Å². The molecule has 2 aliphatic heterocycles. The summed E-state index contributed by atoms with van der Waals surface area (Å²) in [5.41, 5.74) is 0.930. The highest BCUT2D eigenvalue weighted by molar-refractivity contribution is 5.85. The Balaban J connectivity index is 1.80. The van der Waals surface area contributed by atoms with Gasteiger partial charge in [-0.2, -0.15) is 0 Å². The van der Waals surface area contributed by atoms with Gasteiger partial charge in [0.15, 0.2) is 12.1 Å². The lowest BCUT2D eigenvalue weighted by Crippen LogP contribution is -2.57. The Morgan fingerprint density at radius 1 is 1.32 bits per heavy atom. The number of methoxy groups -OCH3 is 1. The Morgan fingerprint density at radius 3 is 2.77 bits per heavy atom. The van der Waals surface area contributed by atoms with Crippen molar-refractivity contribution in [1.82, 2.24) is 0 Å². The fourth-order valence-corrected chi connectivity index (χ4v) is 2.97. The summed E-state index contributed by atoms with van der Waals surface area (Å²) in [7, 11) is 1.46. The maximum absolute atomic E-state index is 12.4. The highest BCUT2D eigenvalue weighted by Crippen LogP contribution is 2.36. The number of hydrogen-bond donors (Lipinski definition) is 0. The van der Waals surface area contributed by atoms with Crippen LogP contribution in [-0.2, 0) is 23.7 Å². The zero-order valence-electron chi connectivity index (χ0n) is 12.5. The third-order valence-corrected chi connectivity index (χ3v) is 4.06. The first kappa shape index (κ1) is 15.4. The summed E-state index contributed by atoms with van der Waals surface area (Å²) in [4.78, 5) is 12.4. The van der Waals surface area contributed by atoms with Crippen molar-refractivity contribution < 1.29 is 23.7 Å². The van der Waals surface area contributed by atoms with Gasteiger partial charge in [0, 0.05) is 12.7 Å². The van der Waals surface area contributed by atoms with Crippen molar-refractivity contribution in [2.24, 2.45) is 5.92 Å². The highest BCUT2D eigenvalue weighted by Gasteiger charge is 2.48. The zero-order chi connectivity index (χ0) is 15.5. The minimum absolute atomic E-state index is 0.0997. The second-order valence-electron chi connectivity index (χ2n) is 5.45. The molecular weight excluding hydrogens is 284 g/mol. The van der Waals surface area contributed by atoms with Crippen molar-refractivity contribution >= 4 is 5.78 Å². The lowest BCUT2D eigenvalue weighted by Gasteiger charge is -2.44. The van der Waals surface area contributed by atoms with E-state index < -0.39 is 12.6 Å². The van der Waals surface area contributed by atoms with Crippen molar-refractivity contribution in [2.45, 2.75) is 31.2 Å². The minimum Gasteiger partial charge on any atom is -0.349 e. The average Bonchev–Trinajstić information content (AvgIpc) is 2.57. The van der Waals surface area contributed by atoms with Crippen molar-refractivity contribution in [1.29, 1.82) is 0 Å². The summed E-state index contributed by atoms with van der Waals surface area (Å²) >= 11 is 0. The molecule has 22 heavy (non-hydrogen) atoms. The molecule has 5 nitrogen and oxygen atoms in total. The molecule has 0 spiro atoms. The Labute approximate surface area is 129 Å². The number of benzene rings is 1. The largest absolute Gasteiger partial charge is 0.349 e. The first-order valence-corrected chi connectivity index (χ1v) is 7.39. The van der Waals surface area contributed by atoms with E-state index in [0.717, 1.165) is 5.56 Å². The number of allylic oxidation sites excluding steroid dienone is 1. The molecule has 0 radical (unpaired) electrons. The van der Waals surface area contributed by atoms with Gasteiger partial charge < -0.3 is 18.9 Å². The molecule has 0 aliphatic carbocycles. The van der Waals surface area contributed by atoms with E-state index in [2.05, 4.69) is 6.58 Å². The maximum Gasteiger partial charge on any atom is 0.218 e. The molecule has 0 aromatic heterocycles. The van der Waals surface area contributed by atoms with Crippen LogP contribution in [0.4, 0.5) is 0 Å². The predicted molar refractivity (Wildman–Crippen MR) is 79.0 cm³/mol. The number of carbonyl (C=O) groups is 1. The molecule has 2 fully saturated rings. The van der Waals surface area contributed by atoms with Gasteiger partial charge in [-0.25, -0.2) is 0 Å². The highest BCUT2D eigenvalue weighted by atomic mass is 16.7. The fourth-order valence-electron chi connectivity index (χ4n) is 2.97. The van der Waals surface area contributed by atoms with Crippen LogP contribution < -0.4 is 0 Å². The van der Waals surface area contributed by atoms with Gasteiger partial charge in [-0.1, -0.05) is 36.4 Å². The van der Waals surface area contributed by atoms with Crippen molar-refractivity contribution in [2.75, 3.05) is 13.7 Å². The normalized spacial score (nSPS) is 35.0. The summed E-state index contributed by atoms with van der Waals surface area (Å²) in [6.07, 6.45) is 0.263. The number of carbonyl (C=O) groups excluding carboxylic acids is 1. The Kier molecular flexibility index (Phi) is 4.69.